The van der Waals surface area contributed by atoms with Crippen LogP contribution in [0.15, 0.2) is 35.2 Å². The van der Waals surface area contributed by atoms with E-state index in [0.717, 1.165) is 35.0 Å². The molecule has 21 heavy (non-hydrogen) atoms. The molecular weight excluding hydrogens is 302 g/mol. The van der Waals surface area contributed by atoms with Crippen LogP contribution in [0.5, 0.6) is 0 Å². The lowest BCUT2D eigenvalue weighted by atomic mass is 10.1. The molecule has 1 heterocycles. The van der Waals surface area contributed by atoms with Gasteiger partial charge < -0.3 is 5.32 Å². The number of thioether (sulfide) groups is 1. The molecule has 1 aromatic carbocycles. The van der Waals surface area contributed by atoms with Gasteiger partial charge in [-0.1, -0.05) is 36.7 Å². The Balaban J connectivity index is 2.01. The van der Waals surface area contributed by atoms with E-state index in [1.807, 2.05) is 36.6 Å². The first-order chi connectivity index (χ1) is 10.2. The molecule has 0 aliphatic heterocycles. The predicted octanol–water partition coefficient (Wildman–Crippen LogP) is 3.56. The van der Waals surface area contributed by atoms with E-state index in [1.54, 1.807) is 0 Å². The van der Waals surface area contributed by atoms with E-state index in [4.69, 9.17) is 11.6 Å². The summed E-state index contributed by atoms with van der Waals surface area (Å²) < 4.78 is 1.92. The van der Waals surface area contributed by atoms with Gasteiger partial charge >= 0.3 is 0 Å². The van der Waals surface area contributed by atoms with E-state index in [2.05, 4.69) is 41.6 Å². The number of hydrogen-bond acceptors (Lipinski definition) is 3. The molecule has 3 nitrogen and oxygen atoms in total. The van der Waals surface area contributed by atoms with Gasteiger partial charge in [-0.05, 0) is 25.6 Å². The maximum absolute atomic E-state index is 6.43. The molecule has 0 amide bonds. The fourth-order valence-corrected chi connectivity index (χ4v) is 3.63. The number of hydrogen-bond donors (Lipinski definition) is 1. The molecule has 2 rings (SSSR count). The van der Waals surface area contributed by atoms with Gasteiger partial charge in [0, 0.05) is 30.2 Å². The van der Waals surface area contributed by atoms with Crippen molar-refractivity contribution in [1.29, 1.82) is 0 Å². The first kappa shape index (κ1) is 16.4. The Labute approximate surface area is 136 Å². The normalized spacial score (nSPS) is 12.6. The Bertz CT molecular complexity index is 568. The smallest absolute Gasteiger partial charge is 0.0850 e. The molecule has 1 N–H and O–H groups in total. The second-order valence-corrected chi connectivity index (χ2v) is 6.47. The van der Waals surface area contributed by atoms with Crippen LogP contribution in [-0.2, 0) is 19.9 Å². The van der Waals surface area contributed by atoms with Crippen molar-refractivity contribution in [3.05, 3.63) is 46.7 Å². The highest BCUT2D eigenvalue weighted by atomic mass is 35.5. The van der Waals surface area contributed by atoms with Crippen LogP contribution in [0.4, 0.5) is 0 Å². The van der Waals surface area contributed by atoms with Gasteiger partial charge in [-0.2, -0.15) is 5.10 Å². The van der Waals surface area contributed by atoms with Gasteiger partial charge in [-0.25, -0.2) is 0 Å². The molecular formula is C16H22ClN3S. The van der Waals surface area contributed by atoms with Crippen LogP contribution in [-0.4, -0.2) is 28.6 Å². The number of likely N-dealkylation sites (N-methyl/N-ethyl adjacent to an activating group) is 1. The van der Waals surface area contributed by atoms with Gasteiger partial charge in [0.05, 0.1) is 16.4 Å². The van der Waals surface area contributed by atoms with Gasteiger partial charge in [0.2, 0.25) is 0 Å². The van der Waals surface area contributed by atoms with Crippen LogP contribution in [0.2, 0.25) is 5.02 Å². The lowest BCUT2D eigenvalue weighted by Gasteiger charge is -2.16. The second-order valence-electron chi connectivity index (χ2n) is 5.00. The molecule has 0 saturated heterocycles. The third-order valence-corrected chi connectivity index (χ3v) is 5.16. The summed E-state index contributed by atoms with van der Waals surface area (Å²) in [5.74, 6) is 1.00. The summed E-state index contributed by atoms with van der Waals surface area (Å²) in [7, 11) is 3.97. The molecule has 0 fully saturated rings. The van der Waals surface area contributed by atoms with Crippen molar-refractivity contribution in [3.8, 4) is 0 Å². The largest absolute Gasteiger partial charge is 0.316 e. The van der Waals surface area contributed by atoms with E-state index in [9.17, 15) is 0 Å². The van der Waals surface area contributed by atoms with E-state index in [-0.39, 0.29) is 0 Å². The molecule has 0 radical (unpaired) electrons. The minimum atomic E-state index is 0.368. The summed E-state index contributed by atoms with van der Waals surface area (Å²) in [6, 6.07) is 10.8. The zero-order chi connectivity index (χ0) is 15.2. The van der Waals surface area contributed by atoms with Gasteiger partial charge in [0.25, 0.3) is 0 Å². The lowest BCUT2D eigenvalue weighted by molar-refractivity contribution is 0.581. The number of nitrogens with one attached hydrogen (secondary N) is 1. The topological polar surface area (TPSA) is 29.9 Å². The number of benzene rings is 1. The van der Waals surface area contributed by atoms with E-state index < -0.39 is 0 Å². The number of nitrogens with zero attached hydrogens (tertiary/aromatic N) is 2. The molecule has 1 unspecified atom stereocenters. The maximum atomic E-state index is 6.43. The zero-order valence-electron chi connectivity index (χ0n) is 12.8. The number of halogens is 1. The molecule has 2 aromatic rings. The van der Waals surface area contributed by atoms with Crippen molar-refractivity contribution in [2.75, 3.05) is 12.8 Å². The fraction of sp³-hybridized carbons (Fsp3) is 0.438. The Morgan fingerprint density at radius 1 is 1.33 bits per heavy atom. The zero-order valence-corrected chi connectivity index (χ0v) is 14.3. The van der Waals surface area contributed by atoms with Crippen molar-refractivity contribution in [3.63, 3.8) is 0 Å². The quantitative estimate of drug-likeness (QED) is 0.790. The summed E-state index contributed by atoms with van der Waals surface area (Å²) in [4.78, 5) is 1.29. The predicted molar refractivity (Wildman–Crippen MR) is 91.3 cm³/mol. The molecule has 1 atom stereocenters. The van der Waals surface area contributed by atoms with Crippen LogP contribution in [0.25, 0.3) is 0 Å². The lowest BCUT2D eigenvalue weighted by Crippen LogP contribution is -2.31. The maximum Gasteiger partial charge on any atom is 0.0850 e. The molecule has 0 aliphatic rings. The summed E-state index contributed by atoms with van der Waals surface area (Å²) in [6.45, 7) is 2.08. The van der Waals surface area contributed by atoms with Crippen LogP contribution in [0, 0.1) is 0 Å². The Hall–Kier alpha value is -0.970. The Kier molecular flexibility index (Phi) is 6.15. The molecule has 114 valence electrons. The van der Waals surface area contributed by atoms with Crippen molar-refractivity contribution in [2.45, 2.75) is 30.7 Å². The van der Waals surface area contributed by atoms with Crippen molar-refractivity contribution in [2.24, 2.45) is 7.05 Å². The first-order valence-electron chi connectivity index (χ1n) is 7.21. The Morgan fingerprint density at radius 2 is 2.05 bits per heavy atom. The Morgan fingerprint density at radius 3 is 2.62 bits per heavy atom. The van der Waals surface area contributed by atoms with Crippen LogP contribution in [0.3, 0.4) is 0 Å². The molecule has 1 aromatic heterocycles. The van der Waals surface area contributed by atoms with E-state index in [0.29, 0.717) is 6.04 Å². The van der Waals surface area contributed by atoms with Crippen LogP contribution >= 0.6 is 23.4 Å². The minimum Gasteiger partial charge on any atom is -0.316 e. The van der Waals surface area contributed by atoms with Gasteiger partial charge in [0.15, 0.2) is 0 Å². The number of rotatable bonds is 7. The summed E-state index contributed by atoms with van der Waals surface area (Å²) in [5.41, 5.74) is 2.10. The average Bonchev–Trinajstić information content (AvgIpc) is 2.79. The van der Waals surface area contributed by atoms with Gasteiger partial charge in [-0.3, -0.25) is 4.68 Å². The third kappa shape index (κ3) is 4.25. The highest BCUT2D eigenvalue weighted by Gasteiger charge is 2.17. The van der Waals surface area contributed by atoms with E-state index in [1.165, 1.54) is 4.90 Å². The SMILES string of the molecule is CCc1nn(C)c(CC(CSc2ccccc2)NC)c1Cl. The third-order valence-electron chi connectivity index (χ3n) is 3.55. The summed E-state index contributed by atoms with van der Waals surface area (Å²) >= 11 is 8.29. The monoisotopic (exact) mass is 323 g/mol. The molecule has 5 heteroatoms. The highest BCUT2D eigenvalue weighted by Crippen LogP contribution is 2.24. The van der Waals surface area contributed by atoms with Crippen LogP contribution in [0.1, 0.15) is 18.3 Å². The van der Waals surface area contributed by atoms with Gasteiger partial charge in [0.1, 0.15) is 0 Å². The standard InChI is InChI=1S/C16H22ClN3S/c1-4-14-16(17)15(20(3)19-14)10-12(18-2)11-21-13-8-6-5-7-9-13/h5-9,12,18H,4,10-11H2,1-3H3. The minimum absolute atomic E-state index is 0.368. The molecule has 0 spiro atoms. The van der Waals surface area contributed by atoms with Crippen LogP contribution < -0.4 is 5.32 Å². The van der Waals surface area contributed by atoms with Crippen molar-refractivity contribution < 1.29 is 0 Å². The molecule has 0 saturated carbocycles. The average molecular weight is 324 g/mol. The molecule has 0 aliphatic carbocycles. The first-order valence-corrected chi connectivity index (χ1v) is 8.57. The van der Waals surface area contributed by atoms with Crippen molar-refractivity contribution in [1.82, 2.24) is 15.1 Å². The molecule has 0 bridgehead atoms. The van der Waals surface area contributed by atoms with E-state index >= 15 is 0 Å². The second kappa shape index (κ2) is 7.87. The highest BCUT2D eigenvalue weighted by molar-refractivity contribution is 7.99. The van der Waals surface area contributed by atoms with Crippen molar-refractivity contribution >= 4 is 23.4 Å². The fourth-order valence-electron chi connectivity index (χ4n) is 2.23. The summed E-state index contributed by atoms with van der Waals surface area (Å²) in [5, 5.41) is 8.69. The van der Waals surface area contributed by atoms with Gasteiger partial charge in [-0.15, -0.1) is 11.8 Å². The number of aromatic nitrogens is 2. The summed E-state index contributed by atoms with van der Waals surface area (Å²) in [6.07, 6.45) is 1.76. The number of aryl methyl sites for hydroxylation is 2.